The van der Waals surface area contributed by atoms with E-state index < -0.39 is 18.2 Å². The van der Waals surface area contributed by atoms with Crippen LogP contribution in [-0.4, -0.2) is 20.5 Å². The minimum atomic E-state index is -4.31. The molecule has 0 unspecified atom stereocenters. The first-order valence-electron chi connectivity index (χ1n) is 5.69. The molecule has 2 aromatic heterocycles. The maximum Gasteiger partial charge on any atom is 0.393 e. The highest BCUT2D eigenvalue weighted by molar-refractivity contribution is 6.29. The number of aromatic nitrogens is 3. The molecule has 8 heteroatoms. The summed E-state index contributed by atoms with van der Waals surface area (Å²) in [5.74, 6) is 0. The van der Waals surface area contributed by atoms with Crippen LogP contribution in [0.1, 0.15) is 11.3 Å². The Bertz CT molecular complexity index is 656. The molecule has 0 N–H and O–H groups in total. The van der Waals surface area contributed by atoms with Gasteiger partial charge in [-0.1, -0.05) is 17.7 Å². The zero-order valence-electron chi connectivity index (χ0n) is 10.5. The summed E-state index contributed by atoms with van der Waals surface area (Å²) in [6.45, 7) is 0.0745. The second-order valence-corrected chi connectivity index (χ2v) is 4.76. The van der Waals surface area contributed by atoms with Gasteiger partial charge >= 0.3 is 6.18 Å². The number of nitrogens with zero attached hydrogens (tertiary/aromatic N) is 3. The summed E-state index contributed by atoms with van der Waals surface area (Å²) in [5, 5.41) is 4.44. The fourth-order valence-corrected chi connectivity index (χ4v) is 1.96. The van der Waals surface area contributed by atoms with Crippen LogP contribution in [0.3, 0.4) is 0 Å². The summed E-state index contributed by atoms with van der Waals surface area (Å²) in [6, 6.07) is 3.85. The first kappa shape index (κ1) is 14.6. The van der Waals surface area contributed by atoms with Gasteiger partial charge in [0, 0.05) is 25.4 Å². The molecule has 0 aliphatic heterocycles. The normalized spacial score (nSPS) is 11.8. The fourth-order valence-electron chi connectivity index (χ4n) is 1.79. The number of pyridine rings is 1. The van der Waals surface area contributed by atoms with E-state index in [1.807, 2.05) is 0 Å². The Morgan fingerprint density at radius 1 is 1.35 bits per heavy atom. The molecule has 0 saturated carbocycles. The highest BCUT2D eigenvalue weighted by Gasteiger charge is 2.27. The number of aryl methyl sites for hydroxylation is 1. The Morgan fingerprint density at radius 2 is 2.05 bits per heavy atom. The third kappa shape index (κ3) is 3.63. The molecule has 0 atom stereocenters. The molecule has 4 nitrogen and oxygen atoms in total. The Hall–Kier alpha value is -1.76. The Balaban J connectivity index is 2.27. The van der Waals surface area contributed by atoms with Crippen molar-refractivity contribution in [2.45, 2.75) is 19.1 Å². The van der Waals surface area contributed by atoms with Crippen LogP contribution >= 0.6 is 11.6 Å². The number of hydrogen-bond acceptors (Lipinski definition) is 2. The Morgan fingerprint density at radius 3 is 2.60 bits per heavy atom. The van der Waals surface area contributed by atoms with Gasteiger partial charge in [-0.3, -0.25) is 9.48 Å². The van der Waals surface area contributed by atoms with Crippen LogP contribution in [-0.2, 0) is 20.0 Å². The molecule has 2 rings (SSSR count). The molecule has 0 aliphatic carbocycles. The lowest BCUT2D eigenvalue weighted by Gasteiger charge is -2.09. The molecular formula is C12H11ClF3N3O. The van der Waals surface area contributed by atoms with E-state index in [0.717, 1.165) is 6.07 Å². The first-order chi connectivity index (χ1) is 9.24. The molecule has 0 spiro atoms. The average molecular weight is 306 g/mol. The van der Waals surface area contributed by atoms with Crippen molar-refractivity contribution in [1.29, 1.82) is 0 Å². The maximum absolute atomic E-state index is 12.3. The molecule has 0 aromatic carbocycles. The van der Waals surface area contributed by atoms with Gasteiger partial charge < -0.3 is 4.57 Å². The van der Waals surface area contributed by atoms with E-state index in [9.17, 15) is 18.0 Å². The molecule has 0 saturated heterocycles. The number of alkyl halides is 3. The van der Waals surface area contributed by atoms with Crippen LogP contribution < -0.4 is 5.56 Å². The van der Waals surface area contributed by atoms with Gasteiger partial charge in [-0.15, -0.1) is 0 Å². The summed E-state index contributed by atoms with van der Waals surface area (Å²) in [6.07, 6.45) is -4.19. The van der Waals surface area contributed by atoms with Gasteiger partial charge in [0.2, 0.25) is 0 Å². The van der Waals surface area contributed by atoms with Crippen molar-refractivity contribution >= 4 is 11.6 Å². The molecule has 2 aromatic rings. The summed E-state index contributed by atoms with van der Waals surface area (Å²) in [4.78, 5) is 11.6. The van der Waals surface area contributed by atoms with Crippen LogP contribution in [0, 0.1) is 0 Å². The van der Waals surface area contributed by atoms with Crippen LogP contribution in [0.2, 0.25) is 5.15 Å². The summed E-state index contributed by atoms with van der Waals surface area (Å²) >= 11 is 5.82. The molecule has 0 bridgehead atoms. The lowest BCUT2D eigenvalue weighted by atomic mass is 10.2. The van der Waals surface area contributed by atoms with Crippen molar-refractivity contribution in [2.24, 2.45) is 7.05 Å². The van der Waals surface area contributed by atoms with E-state index >= 15 is 0 Å². The summed E-state index contributed by atoms with van der Waals surface area (Å²) in [5.41, 5.74) is 0.139. The topological polar surface area (TPSA) is 39.8 Å². The zero-order valence-corrected chi connectivity index (χ0v) is 11.2. The predicted molar refractivity (Wildman–Crippen MR) is 67.8 cm³/mol. The fraction of sp³-hybridized carbons (Fsp3) is 0.333. The van der Waals surface area contributed by atoms with Gasteiger partial charge in [-0.2, -0.15) is 18.3 Å². The minimum absolute atomic E-state index is 0.0270. The minimum Gasteiger partial charge on any atom is -0.309 e. The predicted octanol–water partition coefficient (Wildman–Crippen LogP) is 2.39. The van der Waals surface area contributed by atoms with Crippen LogP contribution in [0.5, 0.6) is 0 Å². The molecule has 0 amide bonds. The quantitative estimate of drug-likeness (QED) is 0.873. The third-order valence-electron chi connectivity index (χ3n) is 2.65. The van der Waals surface area contributed by atoms with Crippen LogP contribution in [0.4, 0.5) is 13.2 Å². The van der Waals surface area contributed by atoms with E-state index in [2.05, 4.69) is 5.10 Å². The molecule has 108 valence electrons. The van der Waals surface area contributed by atoms with Crippen molar-refractivity contribution in [1.82, 2.24) is 14.3 Å². The highest BCUT2D eigenvalue weighted by atomic mass is 35.5. The van der Waals surface area contributed by atoms with E-state index in [1.165, 1.54) is 21.5 Å². The molecular weight excluding hydrogens is 295 g/mol. The van der Waals surface area contributed by atoms with Crippen molar-refractivity contribution in [2.75, 3.05) is 0 Å². The average Bonchev–Trinajstić information content (AvgIpc) is 2.61. The molecule has 2 heterocycles. The molecule has 0 aliphatic rings. The third-order valence-corrected chi connectivity index (χ3v) is 3.01. The van der Waals surface area contributed by atoms with Gasteiger partial charge in [-0.05, 0) is 5.56 Å². The molecule has 0 fully saturated rings. The maximum atomic E-state index is 12.3. The second kappa shape index (κ2) is 5.32. The van der Waals surface area contributed by atoms with E-state index in [1.54, 1.807) is 13.1 Å². The van der Waals surface area contributed by atoms with E-state index in [0.29, 0.717) is 10.8 Å². The van der Waals surface area contributed by atoms with Gasteiger partial charge in [0.15, 0.2) is 0 Å². The van der Waals surface area contributed by atoms with Crippen molar-refractivity contribution in [3.8, 4) is 0 Å². The van der Waals surface area contributed by atoms with Crippen molar-refractivity contribution in [3.05, 3.63) is 51.2 Å². The molecule has 0 radical (unpaired) electrons. The molecule has 20 heavy (non-hydrogen) atoms. The first-order valence-corrected chi connectivity index (χ1v) is 6.07. The smallest absolute Gasteiger partial charge is 0.309 e. The van der Waals surface area contributed by atoms with Gasteiger partial charge in [0.05, 0.1) is 18.7 Å². The van der Waals surface area contributed by atoms with Crippen molar-refractivity contribution in [3.63, 3.8) is 0 Å². The summed E-state index contributed by atoms with van der Waals surface area (Å²) in [7, 11) is 1.63. The summed E-state index contributed by atoms with van der Waals surface area (Å²) < 4.78 is 39.6. The Kier molecular flexibility index (Phi) is 3.89. The zero-order chi connectivity index (χ0) is 14.9. The van der Waals surface area contributed by atoms with Crippen molar-refractivity contribution < 1.29 is 13.2 Å². The highest BCUT2D eigenvalue weighted by Crippen LogP contribution is 2.20. The lowest BCUT2D eigenvalue weighted by Crippen LogP contribution is -2.21. The largest absolute Gasteiger partial charge is 0.393 e. The van der Waals surface area contributed by atoms with E-state index in [-0.39, 0.29) is 12.1 Å². The number of rotatable bonds is 3. The monoisotopic (exact) mass is 305 g/mol. The second-order valence-electron chi connectivity index (χ2n) is 4.38. The number of halogens is 4. The van der Waals surface area contributed by atoms with Crippen LogP contribution in [0.15, 0.2) is 29.2 Å². The van der Waals surface area contributed by atoms with Gasteiger partial charge in [0.25, 0.3) is 5.56 Å². The SMILES string of the molecule is Cn1nc(Cn2cc(CC(F)(F)F)ccc2=O)cc1Cl. The van der Waals surface area contributed by atoms with Gasteiger partial charge in [0.1, 0.15) is 5.15 Å². The Labute approximate surface area is 117 Å². The van der Waals surface area contributed by atoms with E-state index in [4.69, 9.17) is 11.6 Å². The lowest BCUT2D eigenvalue weighted by molar-refractivity contribution is -0.127. The van der Waals surface area contributed by atoms with Crippen LogP contribution in [0.25, 0.3) is 0 Å². The standard InChI is InChI=1S/C12H11ClF3N3O/c1-18-10(13)4-9(17-18)7-19-6-8(2-3-11(19)20)5-12(14,15)16/h2-4,6H,5,7H2,1H3. The number of hydrogen-bond donors (Lipinski definition) is 0. The van der Waals surface area contributed by atoms with Gasteiger partial charge in [-0.25, -0.2) is 0 Å².